The number of rotatable bonds is 4. The molecule has 1 aromatic carbocycles. The number of hydrogen-bond acceptors (Lipinski definition) is 3. The van der Waals surface area contributed by atoms with Gasteiger partial charge in [0.25, 0.3) is 0 Å². The summed E-state index contributed by atoms with van der Waals surface area (Å²) in [5.41, 5.74) is 0.448. The molecule has 0 amide bonds. The van der Waals surface area contributed by atoms with Gasteiger partial charge >= 0.3 is 0 Å². The minimum Gasteiger partial charge on any atom is -0.388 e. The van der Waals surface area contributed by atoms with Gasteiger partial charge in [0.15, 0.2) is 0 Å². The third-order valence-corrected chi connectivity index (χ3v) is 2.85. The second kappa shape index (κ2) is 5.20. The topological polar surface area (TPSA) is 56.0 Å². The summed E-state index contributed by atoms with van der Waals surface area (Å²) in [7, 11) is 0. The Labute approximate surface area is 101 Å². The van der Waals surface area contributed by atoms with Crippen LogP contribution in [0.5, 0.6) is 0 Å². The Hall–Kier alpha value is -1.24. The average molecular weight is 239 g/mol. The SMILES string of the molecule is CCC(C)(O)CNc1cc(C#N)ccc1Cl. The molecule has 4 heteroatoms. The van der Waals surface area contributed by atoms with Crippen LogP contribution in [0, 0.1) is 11.3 Å². The molecule has 3 nitrogen and oxygen atoms in total. The Balaban J connectivity index is 2.78. The number of hydrogen-bond donors (Lipinski definition) is 2. The van der Waals surface area contributed by atoms with Crippen molar-refractivity contribution in [3.8, 4) is 6.07 Å². The molecule has 0 aromatic heterocycles. The predicted molar refractivity (Wildman–Crippen MR) is 65.6 cm³/mol. The second-order valence-corrected chi connectivity index (χ2v) is 4.42. The average Bonchev–Trinajstić information content (AvgIpc) is 2.28. The highest BCUT2D eigenvalue weighted by Gasteiger charge is 2.17. The van der Waals surface area contributed by atoms with Gasteiger partial charge in [-0.15, -0.1) is 0 Å². The molecule has 2 N–H and O–H groups in total. The van der Waals surface area contributed by atoms with E-state index in [1.807, 2.05) is 13.0 Å². The Morgan fingerprint density at radius 1 is 1.56 bits per heavy atom. The van der Waals surface area contributed by atoms with E-state index in [0.29, 0.717) is 29.2 Å². The number of benzene rings is 1. The van der Waals surface area contributed by atoms with Crippen LogP contribution in [-0.4, -0.2) is 17.3 Å². The van der Waals surface area contributed by atoms with Crippen molar-refractivity contribution in [1.82, 2.24) is 0 Å². The summed E-state index contributed by atoms with van der Waals surface area (Å²) in [5.74, 6) is 0. The Kier molecular flexibility index (Phi) is 4.17. The van der Waals surface area contributed by atoms with Gasteiger partial charge in [-0.25, -0.2) is 0 Å². The van der Waals surface area contributed by atoms with Crippen molar-refractivity contribution < 1.29 is 5.11 Å². The van der Waals surface area contributed by atoms with Crippen molar-refractivity contribution in [3.63, 3.8) is 0 Å². The summed E-state index contributed by atoms with van der Waals surface area (Å²) in [5, 5.41) is 22.2. The van der Waals surface area contributed by atoms with Gasteiger partial charge in [0, 0.05) is 6.54 Å². The third kappa shape index (κ3) is 3.41. The molecule has 0 aliphatic carbocycles. The molecule has 16 heavy (non-hydrogen) atoms. The molecule has 86 valence electrons. The van der Waals surface area contributed by atoms with Crippen molar-refractivity contribution in [2.24, 2.45) is 0 Å². The zero-order chi connectivity index (χ0) is 12.2. The summed E-state index contributed by atoms with van der Waals surface area (Å²) < 4.78 is 0. The van der Waals surface area contributed by atoms with Crippen LogP contribution >= 0.6 is 11.6 Å². The highest BCUT2D eigenvalue weighted by Crippen LogP contribution is 2.23. The maximum Gasteiger partial charge on any atom is 0.0992 e. The van der Waals surface area contributed by atoms with Gasteiger partial charge in [0.2, 0.25) is 0 Å². The van der Waals surface area contributed by atoms with Crippen LogP contribution in [0.25, 0.3) is 0 Å². The largest absolute Gasteiger partial charge is 0.388 e. The quantitative estimate of drug-likeness (QED) is 0.848. The summed E-state index contributed by atoms with van der Waals surface area (Å²) in [4.78, 5) is 0. The fraction of sp³-hybridized carbons (Fsp3) is 0.417. The highest BCUT2D eigenvalue weighted by molar-refractivity contribution is 6.33. The van der Waals surface area contributed by atoms with E-state index in [-0.39, 0.29) is 0 Å². The van der Waals surface area contributed by atoms with Crippen LogP contribution in [0.1, 0.15) is 25.8 Å². The zero-order valence-corrected chi connectivity index (χ0v) is 10.2. The fourth-order valence-corrected chi connectivity index (χ4v) is 1.33. The first-order chi connectivity index (χ1) is 7.48. The van der Waals surface area contributed by atoms with E-state index in [0.717, 1.165) is 0 Å². The first-order valence-corrected chi connectivity index (χ1v) is 5.52. The molecular weight excluding hydrogens is 224 g/mol. The molecule has 0 heterocycles. The number of anilines is 1. The summed E-state index contributed by atoms with van der Waals surface area (Å²) in [6, 6.07) is 7.05. The van der Waals surface area contributed by atoms with E-state index in [2.05, 4.69) is 5.32 Å². The van der Waals surface area contributed by atoms with Gasteiger partial charge in [0.1, 0.15) is 0 Å². The van der Waals surface area contributed by atoms with Crippen LogP contribution in [0.4, 0.5) is 5.69 Å². The lowest BCUT2D eigenvalue weighted by molar-refractivity contribution is 0.0697. The van der Waals surface area contributed by atoms with Crippen molar-refractivity contribution in [3.05, 3.63) is 28.8 Å². The van der Waals surface area contributed by atoms with Gasteiger partial charge in [-0.05, 0) is 31.5 Å². The predicted octanol–water partition coefficient (Wildman–Crippen LogP) is 2.78. The third-order valence-electron chi connectivity index (χ3n) is 2.52. The van der Waals surface area contributed by atoms with Gasteiger partial charge in [-0.3, -0.25) is 0 Å². The van der Waals surface area contributed by atoms with Crippen molar-refractivity contribution >= 4 is 17.3 Å². The van der Waals surface area contributed by atoms with Gasteiger partial charge < -0.3 is 10.4 Å². The van der Waals surface area contributed by atoms with Gasteiger partial charge in [-0.1, -0.05) is 18.5 Å². The van der Waals surface area contributed by atoms with Gasteiger partial charge in [0.05, 0.1) is 27.9 Å². The van der Waals surface area contributed by atoms with Crippen LogP contribution in [0.2, 0.25) is 5.02 Å². The Morgan fingerprint density at radius 3 is 2.81 bits per heavy atom. The minimum absolute atomic E-state index is 0.401. The summed E-state index contributed by atoms with van der Waals surface area (Å²) in [6.07, 6.45) is 0.648. The number of nitrogens with zero attached hydrogens (tertiary/aromatic N) is 1. The Bertz CT molecular complexity index is 410. The van der Waals surface area contributed by atoms with Crippen molar-refractivity contribution in [2.45, 2.75) is 25.9 Å². The molecule has 1 unspecified atom stereocenters. The fourth-order valence-electron chi connectivity index (χ4n) is 1.14. The molecule has 1 atom stereocenters. The molecule has 0 saturated heterocycles. The van der Waals surface area contributed by atoms with E-state index >= 15 is 0 Å². The molecule has 1 aromatic rings. The number of aliphatic hydroxyl groups is 1. The van der Waals surface area contributed by atoms with E-state index in [1.165, 1.54) is 0 Å². The van der Waals surface area contributed by atoms with Crippen LogP contribution in [0.3, 0.4) is 0 Å². The lowest BCUT2D eigenvalue weighted by atomic mass is 10.0. The lowest BCUT2D eigenvalue weighted by Gasteiger charge is -2.22. The minimum atomic E-state index is -0.772. The van der Waals surface area contributed by atoms with Crippen molar-refractivity contribution in [2.75, 3.05) is 11.9 Å². The molecular formula is C12H15ClN2O. The molecule has 0 fully saturated rings. The van der Waals surface area contributed by atoms with E-state index < -0.39 is 5.60 Å². The van der Waals surface area contributed by atoms with Crippen LogP contribution in [0.15, 0.2) is 18.2 Å². The molecule has 0 aliphatic rings. The number of nitrogens with one attached hydrogen (secondary N) is 1. The molecule has 0 bridgehead atoms. The molecule has 0 aliphatic heterocycles. The van der Waals surface area contributed by atoms with E-state index in [4.69, 9.17) is 16.9 Å². The second-order valence-electron chi connectivity index (χ2n) is 4.01. The molecule has 0 saturated carbocycles. The normalized spacial score (nSPS) is 13.9. The summed E-state index contributed by atoms with van der Waals surface area (Å²) in [6.45, 7) is 4.06. The molecule has 0 spiro atoms. The molecule has 1 rings (SSSR count). The maximum atomic E-state index is 9.83. The van der Waals surface area contributed by atoms with Crippen LogP contribution < -0.4 is 5.32 Å². The maximum absolute atomic E-state index is 9.83. The van der Waals surface area contributed by atoms with E-state index in [1.54, 1.807) is 25.1 Å². The van der Waals surface area contributed by atoms with Gasteiger partial charge in [-0.2, -0.15) is 5.26 Å². The number of nitriles is 1. The standard InChI is InChI=1S/C12H15ClN2O/c1-3-12(2,16)8-15-11-6-9(7-14)4-5-10(11)13/h4-6,15-16H,3,8H2,1-2H3. The van der Waals surface area contributed by atoms with Crippen molar-refractivity contribution in [1.29, 1.82) is 5.26 Å². The van der Waals surface area contributed by atoms with E-state index in [9.17, 15) is 5.11 Å². The first-order valence-electron chi connectivity index (χ1n) is 5.14. The molecule has 0 radical (unpaired) electrons. The Morgan fingerprint density at radius 2 is 2.25 bits per heavy atom. The lowest BCUT2D eigenvalue weighted by Crippen LogP contribution is -2.32. The van der Waals surface area contributed by atoms with Crippen LogP contribution in [-0.2, 0) is 0 Å². The highest BCUT2D eigenvalue weighted by atomic mass is 35.5. The zero-order valence-electron chi connectivity index (χ0n) is 9.42. The number of halogens is 1. The monoisotopic (exact) mass is 238 g/mol. The smallest absolute Gasteiger partial charge is 0.0992 e. The summed E-state index contributed by atoms with van der Waals surface area (Å²) >= 11 is 5.97. The first kappa shape index (κ1) is 12.8.